The van der Waals surface area contributed by atoms with Crippen molar-refractivity contribution in [3.05, 3.63) is 207 Å². The normalized spacial score (nSPS) is 11.9. The highest BCUT2D eigenvalue weighted by atomic mass is 15.0. The molecule has 8 aromatic carbocycles. The van der Waals surface area contributed by atoms with E-state index in [1.165, 1.54) is 76.5 Å². The molecular weight excluding hydrogens is 681 g/mol. The molecule has 0 saturated carbocycles. The van der Waals surface area contributed by atoms with Gasteiger partial charge in [0.15, 0.2) is 0 Å². The zero-order valence-electron chi connectivity index (χ0n) is 30.4. The first kappa shape index (κ1) is 30.9. The Hall–Kier alpha value is -7.56. The Morgan fingerprint density at radius 2 is 0.679 bits per heavy atom. The van der Waals surface area contributed by atoms with Crippen LogP contribution in [0, 0.1) is 0 Å². The third-order valence-electron chi connectivity index (χ3n) is 11.6. The van der Waals surface area contributed by atoms with Crippen LogP contribution in [0.2, 0.25) is 0 Å². The highest BCUT2D eigenvalue weighted by Gasteiger charge is 2.20. The molecule has 12 aromatic rings. The van der Waals surface area contributed by atoms with Gasteiger partial charge in [-0.2, -0.15) is 0 Å². The molecule has 0 spiro atoms. The van der Waals surface area contributed by atoms with Crippen molar-refractivity contribution in [3.8, 4) is 33.9 Å². The van der Waals surface area contributed by atoms with Crippen LogP contribution in [0.25, 0.3) is 99.3 Å². The average Bonchev–Trinajstić information content (AvgIpc) is 4.03. The van der Waals surface area contributed by atoms with E-state index in [9.17, 15) is 0 Å². The van der Waals surface area contributed by atoms with Gasteiger partial charge in [0, 0.05) is 67.5 Å². The van der Waals surface area contributed by atoms with Crippen LogP contribution < -0.4 is 0 Å². The summed E-state index contributed by atoms with van der Waals surface area (Å²) in [6.45, 7) is 0. The number of nitrogens with zero attached hydrogens (tertiary/aromatic N) is 4. The lowest BCUT2D eigenvalue weighted by Crippen LogP contribution is -2.00. The molecule has 0 bridgehead atoms. The van der Waals surface area contributed by atoms with E-state index in [1.54, 1.807) is 0 Å². The first-order valence-corrected chi connectivity index (χ1v) is 19.2. The Labute approximate surface area is 322 Å². The molecule has 4 heteroatoms. The summed E-state index contributed by atoms with van der Waals surface area (Å²) in [6.07, 6.45) is 4.37. The first-order valence-electron chi connectivity index (χ1n) is 19.2. The van der Waals surface area contributed by atoms with Crippen molar-refractivity contribution in [3.63, 3.8) is 0 Å². The van der Waals surface area contributed by atoms with Crippen LogP contribution in [-0.2, 0) is 0 Å². The second-order valence-corrected chi connectivity index (χ2v) is 14.7. The smallest absolute Gasteiger partial charge is 0.0548 e. The molecule has 0 aliphatic carbocycles. The second kappa shape index (κ2) is 12.0. The summed E-state index contributed by atoms with van der Waals surface area (Å²) in [5, 5.41) is 7.35. The van der Waals surface area contributed by atoms with Gasteiger partial charge in [0.2, 0.25) is 0 Å². The van der Waals surface area contributed by atoms with Gasteiger partial charge < -0.3 is 18.3 Å². The lowest BCUT2D eigenvalue weighted by molar-refractivity contribution is 1.13. The SMILES string of the molecule is c1ccc(-c2cc(-n3c4ccccc4c4cc5c(ccn5-c5ccccc5)cc43)cc(-n3c4ccccc4c4cc5c(ccn5-c5ccccc5)cc43)c2)cc1. The van der Waals surface area contributed by atoms with E-state index in [2.05, 4.69) is 225 Å². The van der Waals surface area contributed by atoms with Gasteiger partial charge in [-0.15, -0.1) is 0 Å². The largest absolute Gasteiger partial charge is 0.317 e. The number of hydrogen-bond acceptors (Lipinski definition) is 0. The molecule has 0 saturated heterocycles. The minimum atomic E-state index is 1.12. The Bertz CT molecular complexity index is 3240. The van der Waals surface area contributed by atoms with Crippen LogP contribution in [0.3, 0.4) is 0 Å². The van der Waals surface area contributed by atoms with Crippen molar-refractivity contribution in [1.82, 2.24) is 18.3 Å². The number of hydrogen-bond donors (Lipinski definition) is 0. The maximum Gasteiger partial charge on any atom is 0.0548 e. The maximum atomic E-state index is 2.46. The molecule has 0 fully saturated rings. The summed E-state index contributed by atoms with van der Waals surface area (Å²) >= 11 is 0. The van der Waals surface area contributed by atoms with Crippen LogP contribution in [0.4, 0.5) is 0 Å². The summed E-state index contributed by atoms with van der Waals surface area (Å²) in [4.78, 5) is 0. The fraction of sp³-hybridized carbons (Fsp3) is 0. The van der Waals surface area contributed by atoms with E-state index in [-0.39, 0.29) is 0 Å². The van der Waals surface area contributed by atoms with E-state index in [0.717, 1.165) is 22.7 Å². The van der Waals surface area contributed by atoms with Gasteiger partial charge in [0.25, 0.3) is 0 Å². The number of benzene rings is 8. The van der Waals surface area contributed by atoms with E-state index in [4.69, 9.17) is 0 Å². The minimum Gasteiger partial charge on any atom is -0.317 e. The molecule has 0 atom stereocenters. The van der Waals surface area contributed by atoms with Crippen LogP contribution in [-0.4, -0.2) is 18.3 Å². The highest BCUT2D eigenvalue weighted by Crippen LogP contribution is 2.40. The molecule has 0 N–H and O–H groups in total. The van der Waals surface area contributed by atoms with Gasteiger partial charge in [-0.3, -0.25) is 0 Å². The molecule has 4 aromatic heterocycles. The second-order valence-electron chi connectivity index (χ2n) is 14.7. The van der Waals surface area contributed by atoms with Crippen LogP contribution in [0.1, 0.15) is 0 Å². The Morgan fingerprint density at radius 1 is 0.250 bits per heavy atom. The number of rotatable bonds is 5. The number of aromatic nitrogens is 4. The number of para-hydroxylation sites is 4. The molecule has 0 radical (unpaired) electrons. The Morgan fingerprint density at radius 3 is 1.16 bits per heavy atom. The topological polar surface area (TPSA) is 19.7 Å². The molecule has 0 aliphatic heterocycles. The fourth-order valence-electron chi connectivity index (χ4n) is 9.03. The predicted molar refractivity (Wildman–Crippen MR) is 234 cm³/mol. The molecule has 4 heterocycles. The lowest BCUT2D eigenvalue weighted by atomic mass is 10.0. The van der Waals surface area contributed by atoms with Crippen molar-refractivity contribution in [1.29, 1.82) is 0 Å². The lowest BCUT2D eigenvalue weighted by Gasteiger charge is -2.16. The standard InChI is InChI=1S/C52H34N4/c1-4-14-35(15-5-1)38-28-41(55-47-22-12-10-20-43(47)45-33-49-36(30-51(45)55)24-26-53(49)39-16-6-2-7-17-39)32-42(29-38)56-48-23-13-11-21-44(48)46-34-50-37(31-52(46)56)25-27-54(50)40-18-8-3-9-19-40/h1-34H. The first-order chi connectivity index (χ1) is 27.8. The monoisotopic (exact) mass is 714 g/mol. The van der Waals surface area contributed by atoms with Gasteiger partial charge in [0.1, 0.15) is 0 Å². The molecule has 12 rings (SSSR count). The third-order valence-corrected chi connectivity index (χ3v) is 11.6. The van der Waals surface area contributed by atoms with E-state index in [0.29, 0.717) is 0 Å². The maximum absolute atomic E-state index is 2.46. The Balaban J connectivity index is 1.14. The number of fused-ring (bicyclic) bond motifs is 8. The zero-order chi connectivity index (χ0) is 36.7. The van der Waals surface area contributed by atoms with E-state index < -0.39 is 0 Å². The third kappa shape index (κ3) is 4.60. The molecule has 0 amide bonds. The van der Waals surface area contributed by atoms with Crippen molar-refractivity contribution < 1.29 is 0 Å². The summed E-state index contributed by atoms with van der Waals surface area (Å²) in [7, 11) is 0. The predicted octanol–water partition coefficient (Wildman–Crippen LogP) is 13.4. The Kier molecular flexibility index (Phi) is 6.60. The van der Waals surface area contributed by atoms with E-state index in [1.807, 2.05) is 0 Å². The molecule has 0 aliphatic rings. The van der Waals surface area contributed by atoms with Gasteiger partial charge in [-0.25, -0.2) is 0 Å². The average molecular weight is 715 g/mol. The minimum absolute atomic E-state index is 1.12. The van der Waals surface area contributed by atoms with Crippen LogP contribution >= 0.6 is 0 Å². The molecule has 56 heavy (non-hydrogen) atoms. The van der Waals surface area contributed by atoms with Gasteiger partial charge >= 0.3 is 0 Å². The van der Waals surface area contributed by atoms with Gasteiger partial charge in [-0.05, 0) is 102 Å². The molecule has 4 nitrogen and oxygen atoms in total. The van der Waals surface area contributed by atoms with E-state index >= 15 is 0 Å². The van der Waals surface area contributed by atoms with Crippen molar-refractivity contribution >= 4 is 65.4 Å². The van der Waals surface area contributed by atoms with Crippen molar-refractivity contribution in [2.24, 2.45) is 0 Å². The zero-order valence-corrected chi connectivity index (χ0v) is 30.4. The molecule has 262 valence electrons. The van der Waals surface area contributed by atoms with Gasteiger partial charge in [-0.1, -0.05) is 103 Å². The quantitative estimate of drug-likeness (QED) is 0.169. The van der Waals surface area contributed by atoms with Crippen LogP contribution in [0.5, 0.6) is 0 Å². The summed E-state index contributed by atoms with van der Waals surface area (Å²) in [5.74, 6) is 0. The fourth-order valence-corrected chi connectivity index (χ4v) is 9.03. The van der Waals surface area contributed by atoms with Gasteiger partial charge in [0.05, 0.1) is 33.1 Å². The van der Waals surface area contributed by atoms with Crippen molar-refractivity contribution in [2.75, 3.05) is 0 Å². The highest BCUT2D eigenvalue weighted by molar-refractivity contribution is 6.15. The molecular formula is C52H34N4. The van der Waals surface area contributed by atoms with Crippen LogP contribution in [0.15, 0.2) is 207 Å². The molecule has 0 unspecified atom stereocenters. The van der Waals surface area contributed by atoms with Crippen molar-refractivity contribution in [2.45, 2.75) is 0 Å². The summed E-state index contributed by atoms with van der Waals surface area (Å²) in [6, 6.07) is 70.7. The summed E-state index contributed by atoms with van der Waals surface area (Å²) in [5.41, 5.74) is 14.0. The summed E-state index contributed by atoms with van der Waals surface area (Å²) < 4.78 is 9.52.